The van der Waals surface area contributed by atoms with Crippen molar-refractivity contribution in [2.24, 2.45) is 5.73 Å². The number of benzene rings is 2. The van der Waals surface area contributed by atoms with Gasteiger partial charge in [0.05, 0.1) is 6.04 Å². The quantitative estimate of drug-likeness (QED) is 0.718. The molecule has 118 valence electrons. The molecule has 0 fully saturated rings. The minimum Gasteiger partial charge on any atom is -0.488 e. The lowest BCUT2D eigenvalue weighted by molar-refractivity contribution is 0.302. The highest BCUT2D eigenvalue weighted by Crippen LogP contribution is 2.30. The zero-order valence-electron chi connectivity index (χ0n) is 13.5. The van der Waals surface area contributed by atoms with Gasteiger partial charge in [0.15, 0.2) is 0 Å². The summed E-state index contributed by atoms with van der Waals surface area (Å²) in [6.45, 7) is 4.74. The molecule has 2 nitrogen and oxygen atoms in total. The number of hydrogen-bond acceptors (Lipinski definition) is 3. The number of ether oxygens (including phenoxy) is 1. The first kappa shape index (κ1) is 15.8. The van der Waals surface area contributed by atoms with Crippen molar-refractivity contribution in [3.63, 3.8) is 0 Å². The highest BCUT2D eigenvalue weighted by Gasteiger charge is 2.13. The van der Waals surface area contributed by atoms with Gasteiger partial charge in [0, 0.05) is 0 Å². The second-order valence-electron chi connectivity index (χ2n) is 5.79. The number of hydrogen-bond donors (Lipinski definition) is 1. The summed E-state index contributed by atoms with van der Waals surface area (Å²) in [5.41, 5.74) is 12.1. The van der Waals surface area contributed by atoms with E-state index in [9.17, 15) is 0 Å². The van der Waals surface area contributed by atoms with E-state index in [1.165, 1.54) is 5.56 Å². The lowest BCUT2D eigenvalue weighted by Gasteiger charge is -2.17. The summed E-state index contributed by atoms with van der Waals surface area (Å²) in [6.07, 6.45) is 0. The van der Waals surface area contributed by atoms with Crippen LogP contribution in [0.15, 0.2) is 59.3 Å². The Balaban J connectivity index is 1.80. The van der Waals surface area contributed by atoms with Crippen LogP contribution in [0, 0.1) is 13.8 Å². The molecule has 2 aromatic carbocycles. The van der Waals surface area contributed by atoms with E-state index >= 15 is 0 Å². The molecular formula is C20H21NOS. The molecule has 0 bridgehead atoms. The van der Waals surface area contributed by atoms with Crippen molar-refractivity contribution in [1.82, 2.24) is 0 Å². The molecule has 0 radical (unpaired) electrons. The molecule has 1 heterocycles. The molecule has 0 saturated carbocycles. The number of aryl methyl sites for hydroxylation is 2. The van der Waals surface area contributed by atoms with E-state index in [0.29, 0.717) is 6.61 Å². The summed E-state index contributed by atoms with van der Waals surface area (Å²) in [5.74, 6) is 0.954. The molecule has 23 heavy (non-hydrogen) atoms. The zero-order valence-corrected chi connectivity index (χ0v) is 14.3. The first-order valence-electron chi connectivity index (χ1n) is 7.70. The first-order valence-corrected chi connectivity index (χ1v) is 8.65. The average Bonchev–Trinajstić information content (AvgIpc) is 3.08. The van der Waals surface area contributed by atoms with Crippen molar-refractivity contribution in [2.75, 3.05) is 0 Å². The van der Waals surface area contributed by atoms with Gasteiger partial charge in [0.1, 0.15) is 12.4 Å². The number of nitrogens with two attached hydrogens (primary N) is 1. The lowest BCUT2D eigenvalue weighted by atomic mass is 9.97. The maximum absolute atomic E-state index is 6.38. The Hall–Kier alpha value is -2.10. The van der Waals surface area contributed by atoms with E-state index in [0.717, 1.165) is 28.0 Å². The van der Waals surface area contributed by atoms with Crippen molar-refractivity contribution < 1.29 is 4.74 Å². The Bertz CT molecular complexity index is 743. The molecule has 0 aliphatic rings. The summed E-state index contributed by atoms with van der Waals surface area (Å²) in [6, 6.07) is 16.5. The van der Waals surface area contributed by atoms with Gasteiger partial charge in [-0.05, 0) is 58.5 Å². The van der Waals surface area contributed by atoms with E-state index < -0.39 is 0 Å². The SMILES string of the molecule is Cc1cc([C@@H](N)c2ccsc2)cc(C)c1OCc1ccccc1. The zero-order chi connectivity index (χ0) is 16.2. The molecule has 0 saturated heterocycles. The van der Waals surface area contributed by atoms with E-state index in [4.69, 9.17) is 10.5 Å². The number of thiophene rings is 1. The van der Waals surface area contributed by atoms with Crippen LogP contribution >= 0.6 is 11.3 Å². The number of rotatable bonds is 5. The van der Waals surface area contributed by atoms with Gasteiger partial charge in [-0.1, -0.05) is 42.5 Å². The van der Waals surface area contributed by atoms with Crippen molar-refractivity contribution in [2.45, 2.75) is 26.5 Å². The van der Waals surface area contributed by atoms with Crippen LogP contribution in [0.4, 0.5) is 0 Å². The van der Waals surface area contributed by atoms with Crippen molar-refractivity contribution in [3.05, 3.63) is 87.1 Å². The highest BCUT2D eigenvalue weighted by atomic mass is 32.1. The molecule has 1 aromatic heterocycles. The summed E-state index contributed by atoms with van der Waals surface area (Å²) in [4.78, 5) is 0. The Labute approximate surface area is 141 Å². The normalized spacial score (nSPS) is 12.1. The van der Waals surface area contributed by atoms with Gasteiger partial charge in [-0.3, -0.25) is 0 Å². The molecular weight excluding hydrogens is 302 g/mol. The maximum Gasteiger partial charge on any atom is 0.125 e. The average molecular weight is 323 g/mol. The highest BCUT2D eigenvalue weighted by molar-refractivity contribution is 7.08. The van der Waals surface area contributed by atoms with E-state index in [2.05, 4.69) is 54.9 Å². The minimum absolute atomic E-state index is 0.0816. The summed E-state index contributed by atoms with van der Waals surface area (Å²) < 4.78 is 6.04. The fourth-order valence-corrected chi connectivity index (χ4v) is 3.46. The largest absolute Gasteiger partial charge is 0.488 e. The van der Waals surface area contributed by atoms with Crippen LogP contribution in [-0.2, 0) is 6.61 Å². The minimum atomic E-state index is -0.0816. The summed E-state index contributed by atoms with van der Waals surface area (Å²) in [5, 5.41) is 4.17. The van der Waals surface area contributed by atoms with Crippen LogP contribution in [0.25, 0.3) is 0 Å². The molecule has 0 aliphatic heterocycles. The van der Waals surface area contributed by atoms with Gasteiger partial charge in [-0.25, -0.2) is 0 Å². The summed E-state index contributed by atoms with van der Waals surface area (Å²) in [7, 11) is 0. The molecule has 3 heteroatoms. The van der Waals surface area contributed by atoms with Crippen LogP contribution < -0.4 is 10.5 Å². The van der Waals surface area contributed by atoms with Crippen LogP contribution in [0.5, 0.6) is 5.75 Å². The third-order valence-corrected chi connectivity index (χ3v) is 4.67. The standard InChI is InChI=1S/C20H21NOS/c1-14-10-18(19(21)17-8-9-23-13-17)11-15(2)20(14)22-12-16-6-4-3-5-7-16/h3-11,13,19H,12,21H2,1-2H3/t19-/m0/s1. The molecule has 0 spiro atoms. The molecule has 0 amide bonds. The van der Waals surface area contributed by atoms with Gasteiger partial charge in [-0.15, -0.1) is 0 Å². The van der Waals surface area contributed by atoms with Crippen LogP contribution in [-0.4, -0.2) is 0 Å². The molecule has 0 aliphatic carbocycles. The van der Waals surface area contributed by atoms with Crippen molar-refractivity contribution in [3.8, 4) is 5.75 Å². The van der Waals surface area contributed by atoms with Crippen molar-refractivity contribution >= 4 is 11.3 Å². The molecule has 3 aromatic rings. The van der Waals surface area contributed by atoms with Gasteiger partial charge in [-0.2, -0.15) is 11.3 Å². The molecule has 3 rings (SSSR count). The molecule has 1 atom stereocenters. The van der Waals surface area contributed by atoms with Crippen LogP contribution in [0.1, 0.15) is 33.9 Å². The Kier molecular flexibility index (Phi) is 4.79. The van der Waals surface area contributed by atoms with Gasteiger partial charge < -0.3 is 10.5 Å². The van der Waals surface area contributed by atoms with Crippen molar-refractivity contribution in [1.29, 1.82) is 0 Å². The van der Waals surface area contributed by atoms with Crippen LogP contribution in [0.2, 0.25) is 0 Å². The predicted molar refractivity (Wildman–Crippen MR) is 97.0 cm³/mol. The van der Waals surface area contributed by atoms with Gasteiger partial charge in [0.2, 0.25) is 0 Å². The van der Waals surface area contributed by atoms with E-state index in [-0.39, 0.29) is 6.04 Å². The van der Waals surface area contributed by atoms with E-state index in [1.807, 2.05) is 18.2 Å². The van der Waals surface area contributed by atoms with Gasteiger partial charge in [0.25, 0.3) is 0 Å². The molecule has 2 N–H and O–H groups in total. The Morgan fingerprint density at radius 2 is 1.70 bits per heavy atom. The second-order valence-corrected chi connectivity index (χ2v) is 6.57. The third kappa shape index (κ3) is 3.63. The fourth-order valence-electron chi connectivity index (χ4n) is 2.77. The van der Waals surface area contributed by atoms with Gasteiger partial charge >= 0.3 is 0 Å². The van der Waals surface area contributed by atoms with Crippen LogP contribution in [0.3, 0.4) is 0 Å². The smallest absolute Gasteiger partial charge is 0.125 e. The third-order valence-electron chi connectivity index (χ3n) is 3.97. The Morgan fingerprint density at radius 1 is 1.00 bits per heavy atom. The fraction of sp³-hybridized carbons (Fsp3) is 0.200. The lowest BCUT2D eigenvalue weighted by Crippen LogP contribution is -2.12. The monoisotopic (exact) mass is 323 g/mol. The second kappa shape index (κ2) is 6.99. The molecule has 0 unspecified atom stereocenters. The topological polar surface area (TPSA) is 35.2 Å². The van der Waals surface area contributed by atoms with E-state index in [1.54, 1.807) is 11.3 Å². The Morgan fingerprint density at radius 3 is 2.30 bits per heavy atom. The maximum atomic E-state index is 6.38. The first-order chi connectivity index (χ1) is 11.1. The predicted octanol–water partition coefficient (Wildman–Crippen LogP) is 4.99. The summed E-state index contributed by atoms with van der Waals surface area (Å²) >= 11 is 1.68.